The molecule has 1 aromatic rings. The number of carbonyl (C=O) groups is 1. The highest BCUT2D eigenvalue weighted by Crippen LogP contribution is 2.28. The molecule has 76 valence electrons. The third-order valence-corrected chi connectivity index (χ3v) is 2.34. The molecule has 0 aliphatic heterocycles. The van der Waals surface area contributed by atoms with Gasteiger partial charge in [0.05, 0.1) is 5.02 Å². The molecule has 0 aromatic heterocycles. The van der Waals surface area contributed by atoms with E-state index in [4.69, 9.17) is 22.4 Å². The second-order valence-corrected chi connectivity index (χ2v) is 3.49. The quantitative estimate of drug-likeness (QED) is 0.793. The highest BCUT2D eigenvalue weighted by atomic mass is 35.5. The van der Waals surface area contributed by atoms with Crippen LogP contribution in [0.2, 0.25) is 5.02 Å². The number of hydrogen-bond donors (Lipinski definition) is 2. The van der Waals surface area contributed by atoms with E-state index >= 15 is 0 Å². The Morgan fingerprint density at radius 2 is 2.21 bits per heavy atom. The fraction of sp³-hybridized carbons (Fsp3) is 0.222. The molecule has 1 rings (SSSR count). The van der Waals surface area contributed by atoms with Crippen molar-refractivity contribution in [2.75, 3.05) is 0 Å². The molecule has 0 heterocycles. The van der Waals surface area contributed by atoms with Crippen LogP contribution in [0.25, 0.3) is 0 Å². The minimum atomic E-state index is -1.68. The topological polar surface area (TPSA) is 63.3 Å². The number of carboxylic acid groups (broad SMARTS) is 1. The summed E-state index contributed by atoms with van der Waals surface area (Å²) in [6, 6.07) is 3.90. The third-order valence-electron chi connectivity index (χ3n) is 1.96. The second-order valence-electron chi connectivity index (χ2n) is 3.11. The Labute approximate surface area is 85.3 Å². The van der Waals surface area contributed by atoms with Crippen molar-refractivity contribution in [3.05, 3.63) is 34.6 Å². The molecule has 0 radical (unpaired) electrons. The number of hydrogen-bond acceptors (Lipinski definition) is 2. The van der Waals surface area contributed by atoms with Crippen molar-refractivity contribution < 1.29 is 14.3 Å². The molecule has 14 heavy (non-hydrogen) atoms. The van der Waals surface area contributed by atoms with Crippen molar-refractivity contribution in [1.82, 2.24) is 0 Å². The average molecular weight is 218 g/mol. The van der Waals surface area contributed by atoms with Crippen molar-refractivity contribution in [2.24, 2.45) is 5.73 Å². The van der Waals surface area contributed by atoms with E-state index in [-0.39, 0.29) is 10.6 Å². The van der Waals surface area contributed by atoms with E-state index in [0.717, 1.165) is 6.07 Å². The van der Waals surface area contributed by atoms with Crippen LogP contribution >= 0.6 is 11.6 Å². The van der Waals surface area contributed by atoms with Crippen LogP contribution in [0.15, 0.2) is 18.2 Å². The Morgan fingerprint density at radius 3 is 2.71 bits per heavy atom. The van der Waals surface area contributed by atoms with Gasteiger partial charge in [-0.1, -0.05) is 23.7 Å². The molecule has 0 aliphatic rings. The van der Waals surface area contributed by atoms with Gasteiger partial charge < -0.3 is 10.8 Å². The summed E-state index contributed by atoms with van der Waals surface area (Å²) in [5, 5.41) is 8.55. The highest BCUT2D eigenvalue weighted by molar-refractivity contribution is 6.31. The van der Waals surface area contributed by atoms with Crippen molar-refractivity contribution >= 4 is 17.6 Å². The first-order valence-electron chi connectivity index (χ1n) is 3.84. The summed E-state index contributed by atoms with van der Waals surface area (Å²) in [7, 11) is 0. The zero-order valence-corrected chi connectivity index (χ0v) is 8.18. The van der Waals surface area contributed by atoms with E-state index in [1.165, 1.54) is 19.1 Å². The number of rotatable bonds is 2. The minimum absolute atomic E-state index is 0.0617. The van der Waals surface area contributed by atoms with Gasteiger partial charge >= 0.3 is 5.97 Å². The van der Waals surface area contributed by atoms with Gasteiger partial charge in [0, 0.05) is 5.56 Å². The molecule has 0 fully saturated rings. The molecule has 3 N–H and O–H groups in total. The summed E-state index contributed by atoms with van der Waals surface area (Å²) in [6.45, 7) is 1.26. The van der Waals surface area contributed by atoms with Crippen LogP contribution in [0.5, 0.6) is 0 Å². The predicted octanol–water partition coefficient (Wildman–Crippen LogP) is 1.74. The zero-order valence-electron chi connectivity index (χ0n) is 7.42. The van der Waals surface area contributed by atoms with Crippen LogP contribution in [0.3, 0.4) is 0 Å². The molecule has 5 heteroatoms. The predicted molar refractivity (Wildman–Crippen MR) is 50.6 cm³/mol. The molecule has 3 nitrogen and oxygen atoms in total. The maximum absolute atomic E-state index is 13.0. The molecule has 0 saturated heterocycles. The number of benzene rings is 1. The van der Waals surface area contributed by atoms with Crippen molar-refractivity contribution in [1.29, 1.82) is 0 Å². The molecule has 0 bridgehead atoms. The number of halogens is 2. The van der Waals surface area contributed by atoms with Crippen molar-refractivity contribution in [3.63, 3.8) is 0 Å². The van der Waals surface area contributed by atoms with E-state index in [1.807, 2.05) is 0 Å². The molecule has 0 unspecified atom stereocenters. The number of aliphatic carboxylic acids is 1. The van der Waals surface area contributed by atoms with Crippen molar-refractivity contribution in [2.45, 2.75) is 12.5 Å². The monoisotopic (exact) mass is 217 g/mol. The lowest BCUT2D eigenvalue weighted by Gasteiger charge is -2.20. The summed E-state index contributed by atoms with van der Waals surface area (Å²) in [5.74, 6) is -1.94. The molecule has 0 aliphatic carbocycles. The van der Waals surface area contributed by atoms with Gasteiger partial charge in [-0.3, -0.25) is 0 Å². The molecule has 1 atom stereocenters. The minimum Gasteiger partial charge on any atom is -0.480 e. The molecular weight excluding hydrogens is 209 g/mol. The zero-order chi connectivity index (χ0) is 10.9. The average Bonchev–Trinajstić information content (AvgIpc) is 2.09. The maximum Gasteiger partial charge on any atom is 0.328 e. The molecule has 0 saturated carbocycles. The first-order valence-corrected chi connectivity index (χ1v) is 4.22. The summed E-state index contributed by atoms with van der Waals surface area (Å²) in [6.07, 6.45) is 0. The second kappa shape index (κ2) is 3.55. The molecular formula is C9H9ClFNO2. The smallest absolute Gasteiger partial charge is 0.328 e. The Morgan fingerprint density at radius 1 is 1.64 bits per heavy atom. The highest BCUT2D eigenvalue weighted by Gasteiger charge is 2.33. The fourth-order valence-corrected chi connectivity index (χ4v) is 1.34. The first kappa shape index (κ1) is 10.9. The normalized spacial score (nSPS) is 14.9. The summed E-state index contributed by atoms with van der Waals surface area (Å²) >= 11 is 5.60. The van der Waals surface area contributed by atoms with Crippen LogP contribution < -0.4 is 5.73 Å². The maximum atomic E-state index is 13.0. The Kier molecular flexibility index (Phi) is 2.78. The standard InChI is InChI=1S/C9H9ClFNO2/c1-9(12,8(13)14)5-3-2-4-6(11)7(5)10/h2-4H,12H2,1H3,(H,13,14)/t9-/m1/s1. The van der Waals surface area contributed by atoms with Crippen LogP contribution in [-0.2, 0) is 10.3 Å². The van der Waals surface area contributed by atoms with Gasteiger partial charge in [0.2, 0.25) is 0 Å². The lowest BCUT2D eigenvalue weighted by Crippen LogP contribution is -2.42. The van der Waals surface area contributed by atoms with Gasteiger partial charge in [0.15, 0.2) is 0 Å². The van der Waals surface area contributed by atoms with E-state index in [9.17, 15) is 9.18 Å². The van der Waals surface area contributed by atoms with Crippen molar-refractivity contribution in [3.8, 4) is 0 Å². The van der Waals surface area contributed by atoms with Gasteiger partial charge in [-0.25, -0.2) is 9.18 Å². The largest absolute Gasteiger partial charge is 0.480 e. The first-order chi connectivity index (χ1) is 6.37. The van der Waals surface area contributed by atoms with Gasteiger partial charge in [0.25, 0.3) is 0 Å². The fourth-order valence-electron chi connectivity index (χ4n) is 1.02. The molecule has 0 spiro atoms. The van der Waals surface area contributed by atoms with Crippen LogP contribution in [-0.4, -0.2) is 11.1 Å². The molecule has 1 aromatic carbocycles. The van der Waals surface area contributed by atoms with E-state index in [1.54, 1.807) is 0 Å². The lowest BCUT2D eigenvalue weighted by atomic mass is 9.93. The van der Waals surface area contributed by atoms with Crippen LogP contribution in [0.4, 0.5) is 4.39 Å². The van der Waals surface area contributed by atoms with Gasteiger partial charge in [-0.15, -0.1) is 0 Å². The van der Waals surface area contributed by atoms with E-state index in [0.29, 0.717) is 0 Å². The number of nitrogens with two attached hydrogens (primary N) is 1. The lowest BCUT2D eigenvalue weighted by molar-refractivity contribution is -0.143. The van der Waals surface area contributed by atoms with Gasteiger partial charge in [-0.2, -0.15) is 0 Å². The van der Waals surface area contributed by atoms with Gasteiger partial charge in [0.1, 0.15) is 11.4 Å². The van der Waals surface area contributed by atoms with Gasteiger partial charge in [-0.05, 0) is 13.0 Å². The summed E-state index contributed by atoms with van der Waals surface area (Å²) in [4.78, 5) is 10.8. The third kappa shape index (κ3) is 1.71. The molecule has 0 amide bonds. The Balaban J connectivity index is 3.33. The summed E-state index contributed by atoms with van der Waals surface area (Å²) < 4.78 is 13.0. The summed E-state index contributed by atoms with van der Waals surface area (Å²) in [5.41, 5.74) is 3.88. The number of carboxylic acids is 1. The Hall–Kier alpha value is -1.13. The van der Waals surface area contributed by atoms with Crippen LogP contribution in [0.1, 0.15) is 12.5 Å². The van der Waals surface area contributed by atoms with E-state index in [2.05, 4.69) is 0 Å². The van der Waals surface area contributed by atoms with E-state index < -0.39 is 17.3 Å². The SMILES string of the molecule is C[C@](N)(C(=O)O)c1cccc(F)c1Cl. The van der Waals surface area contributed by atoms with Crippen LogP contribution in [0, 0.1) is 5.82 Å². The Bertz CT molecular complexity index is 379.